The van der Waals surface area contributed by atoms with E-state index >= 15 is 0 Å². The van der Waals surface area contributed by atoms with Crippen LogP contribution in [0.5, 0.6) is 0 Å². The maximum atomic E-state index is 14.5. The molecule has 10 amide bonds. The van der Waals surface area contributed by atoms with Crippen molar-refractivity contribution in [2.75, 3.05) is 13.1 Å². The van der Waals surface area contributed by atoms with Crippen molar-refractivity contribution in [3.8, 4) is 0 Å². The van der Waals surface area contributed by atoms with E-state index < -0.39 is 144 Å². The molecule has 29 nitrogen and oxygen atoms in total. The van der Waals surface area contributed by atoms with Crippen LogP contribution in [0, 0.1) is 23.7 Å². The smallest absolute Gasteiger partial charge is 0.326 e. The maximum absolute atomic E-state index is 14.5. The van der Waals surface area contributed by atoms with Crippen molar-refractivity contribution in [1.82, 2.24) is 52.8 Å². The van der Waals surface area contributed by atoms with Crippen LogP contribution in [-0.4, -0.2) is 160 Å². The maximum Gasteiger partial charge on any atom is 0.326 e. The Bertz CT molecular complexity index is 2970. The Kier molecular flexibility index (Phi) is 31.4. The van der Waals surface area contributed by atoms with Gasteiger partial charge in [0.2, 0.25) is 59.1 Å². The lowest BCUT2D eigenvalue weighted by molar-refractivity contribution is -0.143. The van der Waals surface area contributed by atoms with Gasteiger partial charge in [-0.15, -0.1) is 0 Å². The molecule has 0 aliphatic carbocycles. The minimum absolute atomic E-state index is 0.0203. The minimum atomic E-state index is -1.93. The summed E-state index contributed by atoms with van der Waals surface area (Å²) in [6.07, 6.45) is 0.441. The van der Waals surface area contributed by atoms with Crippen LogP contribution < -0.4 is 70.8 Å². The second-order valence-corrected chi connectivity index (χ2v) is 23.4. The van der Waals surface area contributed by atoms with E-state index in [1.54, 1.807) is 109 Å². The number of fused-ring (bicyclic) bond motifs is 1. The van der Waals surface area contributed by atoms with Gasteiger partial charge in [-0.3, -0.25) is 57.7 Å². The number of carboxylic acid groups (broad SMARTS) is 2. The summed E-state index contributed by atoms with van der Waals surface area (Å²) < 4.78 is 0. The van der Waals surface area contributed by atoms with Crippen LogP contribution in [0.25, 0.3) is 10.9 Å². The molecule has 2 aromatic carbocycles. The number of aliphatic carboxylic acids is 2. The van der Waals surface area contributed by atoms with E-state index in [0.29, 0.717) is 34.9 Å². The molecule has 1 aromatic heterocycles. The summed E-state index contributed by atoms with van der Waals surface area (Å²) in [4.78, 5) is 170. The standard InChI is InChI=1S/C61H93N15O14/c1-9-34(7)50(63)58(87)71-41(22-23-47(62)77)54(83)72-42(25-32(3)4)55(84)70-40(21-16-24-66-61(64)65)53(82)74-45(29-49(79)80)56(85)73-44(28-37-30-67-39-20-15-14-19-38(37)39)52(81)68-31-48(78)69-43(27-36-17-12-11-13-18-36)57(86)76-51(35(8)10-2)59(88)75-46(60(89)90)26-33(5)6/h11-15,17-20,30,32-35,40-46,50-51,67H,9-10,16,21-29,31,63H2,1-8H3,(H2,62,77)(H,68,81)(H,69,78)(H,70,84)(H,71,87)(H,72,83)(H,73,85)(H,74,82)(H,75,88)(H,76,86)(H,79,80)(H,89,90)(H4,64,65,66)/t34-,35-,40-,41-,42-,43-,44-,45-,46-,50-,51-/m0/s1. The Morgan fingerprint density at radius 2 is 1.06 bits per heavy atom. The predicted molar refractivity (Wildman–Crippen MR) is 335 cm³/mol. The second-order valence-electron chi connectivity index (χ2n) is 23.4. The van der Waals surface area contributed by atoms with Gasteiger partial charge in [0.25, 0.3) is 0 Å². The highest BCUT2D eigenvalue weighted by Crippen LogP contribution is 2.20. The quantitative estimate of drug-likeness (QED) is 0.0191. The van der Waals surface area contributed by atoms with Crippen LogP contribution in [0.15, 0.2) is 65.8 Å². The van der Waals surface area contributed by atoms with Crippen LogP contribution >= 0.6 is 0 Å². The van der Waals surface area contributed by atoms with E-state index in [4.69, 9.17) is 22.9 Å². The molecule has 11 atom stereocenters. The number of H-pyrrole nitrogens is 1. The number of nitrogens with two attached hydrogens (primary N) is 4. The number of nitrogens with zero attached hydrogens (tertiary/aromatic N) is 1. The molecule has 0 spiro atoms. The van der Waals surface area contributed by atoms with Gasteiger partial charge in [-0.1, -0.05) is 117 Å². The molecule has 1 heterocycles. The number of aromatic nitrogens is 1. The molecule has 496 valence electrons. The number of nitrogens with one attached hydrogen (secondary N) is 10. The Balaban J connectivity index is 1.97. The first-order chi connectivity index (χ1) is 42.4. The van der Waals surface area contributed by atoms with Gasteiger partial charge in [0.05, 0.1) is 19.0 Å². The van der Waals surface area contributed by atoms with Gasteiger partial charge in [-0.25, -0.2) is 4.79 Å². The number of aromatic amines is 1. The van der Waals surface area contributed by atoms with E-state index in [0.717, 1.165) is 0 Å². The molecule has 3 aromatic rings. The van der Waals surface area contributed by atoms with E-state index in [1.807, 2.05) is 6.92 Å². The molecule has 0 bridgehead atoms. The largest absolute Gasteiger partial charge is 0.481 e. The lowest BCUT2D eigenvalue weighted by Crippen LogP contribution is -2.60. The van der Waals surface area contributed by atoms with Crippen LogP contribution in [0.2, 0.25) is 0 Å². The van der Waals surface area contributed by atoms with E-state index in [1.165, 1.54) is 0 Å². The number of carbonyl (C=O) groups is 12. The van der Waals surface area contributed by atoms with Crippen molar-refractivity contribution in [3.63, 3.8) is 0 Å². The molecular formula is C61H93N15O14. The number of aliphatic imine (C=N–C) groups is 1. The Morgan fingerprint density at radius 1 is 0.544 bits per heavy atom. The molecule has 90 heavy (non-hydrogen) atoms. The topological polar surface area (TPSA) is 486 Å². The SMILES string of the molecule is CC[C@H](C)[C@H](N)C(=O)N[C@@H](CCC(N)=O)C(=O)N[C@@H](CC(C)C)C(=O)N[C@@H](CCCN=C(N)N)C(=O)N[C@@H](CC(=O)O)C(=O)N[C@@H](Cc1c[nH]c2ccccc12)C(=O)NCC(=O)N[C@@H](Cc1ccccc1)C(=O)N[C@H](C(=O)N[C@@H](CC(C)C)C(=O)O)[C@@H](C)CC. The zero-order valence-electron chi connectivity index (χ0n) is 52.5. The third kappa shape index (κ3) is 25.9. The van der Waals surface area contributed by atoms with Crippen molar-refractivity contribution in [1.29, 1.82) is 0 Å². The highest BCUT2D eigenvalue weighted by atomic mass is 16.4. The number of rotatable bonds is 40. The average molecular weight is 1260 g/mol. The lowest BCUT2D eigenvalue weighted by atomic mass is 9.96. The van der Waals surface area contributed by atoms with Gasteiger partial charge in [0.15, 0.2) is 5.96 Å². The summed E-state index contributed by atoms with van der Waals surface area (Å²) in [5, 5.41) is 43.6. The van der Waals surface area contributed by atoms with Gasteiger partial charge in [-0.2, -0.15) is 0 Å². The molecule has 0 aliphatic heterocycles. The summed E-state index contributed by atoms with van der Waals surface area (Å²) in [5.74, 6) is -13.1. The van der Waals surface area contributed by atoms with Gasteiger partial charge in [-0.05, 0) is 73.0 Å². The second kappa shape index (κ2) is 37.6. The molecule has 0 saturated carbocycles. The van der Waals surface area contributed by atoms with Crippen molar-refractivity contribution < 1.29 is 67.7 Å². The van der Waals surface area contributed by atoms with Crippen molar-refractivity contribution >= 4 is 87.9 Å². The fourth-order valence-electron chi connectivity index (χ4n) is 9.52. The summed E-state index contributed by atoms with van der Waals surface area (Å²) in [7, 11) is 0. The van der Waals surface area contributed by atoms with Crippen LogP contribution in [-0.2, 0) is 70.4 Å². The van der Waals surface area contributed by atoms with Gasteiger partial charge < -0.3 is 86.0 Å². The lowest BCUT2D eigenvalue weighted by Gasteiger charge is -2.28. The summed E-state index contributed by atoms with van der Waals surface area (Å²) in [6.45, 7) is 13.3. The highest BCUT2D eigenvalue weighted by Gasteiger charge is 2.37. The molecule has 0 saturated heterocycles. The molecule has 0 fully saturated rings. The fraction of sp³-hybridized carbons (Fsp3) is 0.557. The fourth-order valence-corrected chi connectivity index (χ4v) is 9.52. The van der Waals surface area contributed by atoms with Crippen molar-refractivity contribution in [3.05, 3.63) is 71.9 Å². The number of guanidine groups is 1. The van der Waals surface area contributed by atoms with E-state index in [2.05, 4.69) is 57.8 Å². The van der Waals surface area contributed by atoms with Crippen molar-refractivity contribution in [2.24, 2.45) is 51.6 Å². The number of primary amides is 1. The molecule has 0 aliphatic rings. The Labute approximate surface area is 523 Å². The zero-order valence-corrected chi connectivity index (χ0v) is 52.5. The van der Waals surface area contributed by atoms with Crippen LogP contribution in [0.1, 0.15) is 124 Å². The Morgan fingerprint density at radius 3 is 1.64 bits per heavy atom. The first kappa shape index (κ1) is 75.1. The molecule has 3 rings (SSSR count). The summed E-state index contributed by atoms with van der Waals surface area (Å²) >= 11 is 0. The third-order valence-corrected chi connectivity index (χ3v) is 15.0. The first-order valence-corrected chi connectivity index (χ1v) is 30.3. The van der Waals surface area contributed by atoms with Crippen LogP contribution in [0.3, 0.4) is 0 Å². The number of amides is 10. The van der Waals surface area contributed by atoms with E-state index in [9.17, 15) is 67.7 Å². The van der Waals surface area contributed by atoms with Crippen LogP contribution in [0.4, 0.5) is 0 Å². The monoisotopic (exact) mass is 1260 g/mol. The number of hydrogen-bond donors (Lipinski definition) is 16. The molecule has 29 heteroatoms. The van der Waals surface area contributed by atoms with E-state index in [-0.39, 0.29) is 81.6 Å². The Hall–Kier alpha value is -9.15. The normalized spacial score (nSPS) is 14.9. The predicted octanol–water partition coefficient (Wildman–Crippen LogP) is -0.662. The van der Waals surface area contributed by atoms with Gasteiger partial charge in [0, 0.05) is 42.9 Å². The number of hydrogen-bond acceptors (Lipinski definition) is 14. The number of benzene rings is 2. The van der Waals surface area contributed by atoms with Crippen molar-refractivity contribution in [2.45, 2.75) is 180 Å². The average Bonchev–Trinajstić information content (AvgIpc) is 1.72. The molecule has 0 radical (unpaired) electrons. The number of para-hydroxylation sites is 1. The third-order valence-electron chi connectivity index (χ3n) is 15.0. The van der Waals surface area contributed by atoms with Gasteiger partial charge in [0.1, 0.15) is 48.3 Å². The number of carboxylic acids is 2. The molecule has 20 N–H and O–H groups in total. The highest BCUT2D eigenvalue weighted by molar-refractivity contribution is 5.99. The first-order valence-electron chi connectivity index (χ1n) is 30.3. The summed E-state index contributed by atoms with van der Waals surface area (Å²) in [5.41, 5.74) is 24.3. The van der Waals surface area contributed by atoms with Gasteiger partial charge >= 0.3 is 11.9 Å². The zero-order chi connectivity index (χ0) is 67.4. The summed E-state index contributed by atoms with van der Waals surface area (Å²) in [6, 6.07) is 2.89. The number of carbonyl (C=O) groups excluding carboxylic acids is 10. The molecule has 0 unspecified atom stereocenters. The molecular weight excluding hydrogens is 1170 g/mol. The minimum Gasteiger partial charge on any atom is -0.481 e.